The number of hydrogen-bond donors (Lipinski definition) is 1. The Hall–Kier alpha value is -0.870. The van der Waals surface area contributed by atoms with Gasteiger partial charge in [0.2, 0.25) is 0 Å². The van der Waals surface area contributed by atoms with Crippen molar-refractivity contribution in [3.05, 3.63) is 12.2 Å². The zero-order valence-electron chi connectivity index (χ0n) is 9.91. The molecule has 1 heterocycles. The molecule has 0 bridgehead atoms. The van der Waals surface area contributed by atoms with Crippen molar-refractivity contribution in [2.45, 2.75) is 19.8 Å². The summed E-state index contributed by atoms with van der Waals surface area (Å²) >= 11 is 0. The minimum Gasteiger partial charge on any atom is -0.463 e. The average Bonchev–Trinajstić information content (AvgIpc) is 2.30. The molecule has 16 heavy (non-hydrogen) atoms. The van der Waals surface area contributed by atoms with Crippen LogP contribution in [-0.2, 0) is 14.3 Å². The molecule has 1 N–H and O–H groups in total. The second-order valence-electron chi connectivity index (χ2n) is 3.87. The van der Waals surface area contributed by atoms with Gasteiger partial charge in [-0.05, 0) is 32.2 Å². The number of esters is 1. The second-order valence-corrected chi connectivity index (χ2v) is 3.87. The second kappa shape index (κ2) is 8.30. The predicted octanol–water partition coefficient (Wildman–Crippen LogP) is 1.12. The molecule has 0 unspecified atom stereocenters. The van der Waals surface area contributed by atoms with Gasteiger partial charge in [-0.2, -0.15) is 0 Å². The van der Waals surface area contributed by atoms with Gasteiger partial charge in [0.25, 0.3) is 0 Å². The number of rotatable bonds is 6. The Morgan fingerprint density at radius 2 is 2.25 bits per heavy atom. The fourth-order valence-corrected chi connectivity index (χ4v) is 1.67. The van der Waals surface area contributed by atoms with E-state index in [2.05, 4.69) is 5.32 Å². The SMILES string of the molecule is CCOC(=O)/C=C/CNCC1CCOCC1. The fourth-order valence-electron chi connectivity index (χ4n) is 1.67. The van der Waals surface area contributed by atoms with Gasteiger partial charge >= 0.3 is 5.97 Å². The molecule has 4 nitrogen and oxygen atoms in total. The molecule has 4 heteroatoms. The maximum Gasteiger partial charge on any atom is 0.330 e. The number of carbonyl (C=O) groups is 1. The van der Waals surface area contributed by atoms with Crippen LogP contribution in [0.15, 0.2) is 12.2 Å². The first-order chi connectivity index (χ1) is 7.83. The molecular formula is C12H21NO3. The van der Waals surface area contributed by atoms with Gasteiger partial charge in [0.15, 0.2) is 0 Å². The van der Waals surface area contributed by atoms with Crippen LogP contribution in [0.25, 0.3) is 0 Å². The van der Waals surface area contributed by atoms with E-state index in [1.165, 1.54) is 6.08 Å². The van der Waals surface area contributed by atoms with E-state index < -0.39 is 0 Å². The molecule has 1 aliphatic heterocycles. The minimum absolute atomic E-state index is 0.268. The topological polar surface area (TPSA) is 47.6 Å². The van der Waals surface area contributed by atoms with Gasteiger partial charge in [-0.15, -0.1) is 0 Å². The lowest BCUT2D eigenvalue weighted by molar-refractivity contribution is -0.137. The zero-order chi connectivity index (χ0) is 11.6. The largest absolute Gasteiger partial charge is 0.463 e. The summed E-state index contributed by atoms with van der Waals surface area (Å²) in [4.78, 5) is 11.0. The molecule has 0 radical (unpaired) electrons. The summed E-state index contributed by atoms with van der Waals surface area (Å²) in [6, 6.07) is 0. The lowest BCUT2D eigenvalue weighted by Gasteiger charge is -2.21. The fraction of sp³-hybridized carbons (Fsp3) is 0.750. The quantitative estimate of drug-likeness (QED) is 0.420. The first kappa shape index (κ1) is 13.2. The van der Waals surface area contributed by atoms with Gasteiger partial charge in [0.1, 0.15) is 0 Å². The van der Waals surface area contributed by atoms with E-state index in [9.17, 15) is 4.79 Å². The number of nitrogens with one attached hydrogen (secondary N) is 1. The van der Waals surface area contributed by atoms with Crippen molar-refractivity contribution in [2.24, 2.45) is 5.92 Å². The molecule has 1 aliphatic rings. The van der Waals surface area contributed by atoms with Crippen molar-refractivity contribution < 1.29 is 14.3 Å². The molecule has 0 aromatic carbocycles. The maximum absolute atomic E-state index is 11.0. The van der Waals surface area contributed by atoms with Crippen molar-refractivity contribution in [3.8, 4) is 0 Å². The summed E-state index contributed by atoms with van der Waals surface area (Å²) in [5.41, 5.74) is 0. The summed E-state index contributed by atoms with van der Waals surface area (Å²) in [6.07, 6.45) is 5.54. The first-order valence-electron chi connectivity index (χ1n) is 5.94. The number of ether oxygens (including phenoxy) is 2. The highest BCUT2D eigenvalue weighted by molar-refractivity contribution is 5.81. The van der Waals surface area contributed by atoms with Gasteiger partial charge in [-0.3, -0.25) is 0 Å². The van der Waals surface area contributed by atoms with Gasteiger partial charge < -0.3 is 14.8 Å². The molecular weight excluding hydrogens is 206 g/mol. The molecule has 0 atom stereocenters. The number of hydrogen-bond acceptors (Lipinski definition) is 4. The van der Waals surface area contributed by atoms with E-state index in [4.69, 9.17) is 9.47 Å². The third kappa shape index (κ3) is 5.88. The third-order valence-electron chi connectivity index (χ3n) is 2.58. The van der Waals surface area contributed by atoms with Gasteiger partial charge in [0, 0.05) is 25.8 Å². The highest BCUT2D eigenvalue weighted by Gasteiger charge is 2.12. The average molecular weight is 227 g/mol. The lowest BCUT2D eigenvalue weighted by Crippen LogP contribution is -2.27. The standard InChI is InChI=1S/C12H21NO3/c1-2-16-12(14)4-3-7-13-10-11-5-8-15-9-6-11/h3-4,11,13H,2,5-10H2,1H3/b4-3+. The Labute approximate surface area is 97.0 Å². The van der Waals surface area contributed by atoms with Crippen molar-refractivity contribution >= 4 is 5.97 Å². The highest BCUT2D eigenvalue weighted by atomic mass is 16.5. The van der Waals surface area contributed by atoms with Crippen molar-refractivity contribution in [1.29, 1.82) is 0 Å². The van der Waals surface area contributed by atoms with Crippen molar-refractivity contribution in [1.82, 2.24) is 5.32 Å². The van der Waals surface area contributed by atoms with Crippen LogP contribution in [0, 0.1) is 5.92 Å². The van der Waals surface area contributed by atoms with E-state index in [0.717, 1.165) is 39.1 Å². The Bertz CT molecular complexity index is 222. The van der Waals surface area contributed by atoms with E-state index in [0.29, 0.717) is 12.5 Å². The Morgan fingerprint density at radius 1 is 1.50 bits per heavy atom. The van der Waals surface area contributed by atoms with E-state index in [-0.39, 0.29) is 5.97 Å². The monoisotopic (exact) mass is 227 g/mol. The molecule has 1 saturated heterocycles. The minimum atomic E-state index is -0.268. The van der Waals surface area contributed by atoms with Gasteiger partial charge in [-0.1, -0.05) is 6.08 Å². The molecule has 0 spiro atoms. The molecule has 0 aliphatic carbocycles. The van der Waals surface area contributed by atoms with Crippen LogP contribution in [0.4, 0.5) is 0 Å². The predicted molar refractivity (Wildman–Crippen MR) is 62.2 cm³/mol. The molecule has 0 amide bonds. The Morgan fingerprint density at radius 3 is 2.94 bits per heavy atom. The van der Waals surface area contributed by atoms with Crippen LogP contribution in [0.3, 0.4) is 0 Å². The summed E-state index contributed by atoms with van der Waals surface area (Å²) in [6.45, 7) is 5.70. The third-order valence-corrected chi connectivity index (χ3v) is 2.58. The van der Waals surface area contributed by atoms with Crippen LogP contribution >= 0.6 is 0 Å². The van der Waals surface area contributed by atoms with E-state index >= 15 is 0 Å². The smallest absolute Gasteiger partial charge is 0.330 e. The van der Waals surface area contributed by atoms with Crippen LogP contribution in [-0.4, -0.2) is 38.9 Å². The van der Waals surface area contributed by atoms with Crippen LogP contribution in [0.2, 0.25) is 0 Å². The van der Waals surface area contributed by atoms with Crippen LogP contribution < -0.4 is 5.32 Å². The maximum atomic E-state index is 11.0. The van der Waals surface area contributed by atoms with Gasteiger partial charge in [0.05, 0.1) is 6.61 Å². The summed E-state index contributed by atoms with van der Waals surface area (Å²) in [7, 11) is 0. The molecule has 1 fully saturated rings. The number of carbonyl (C=O) groups excluding carboxylic acids is 1. The molecule has 0 saturated carbocycles. The van der Waals surface area contributed by atoms with Gasteiger partial charge in [-0.25, -0.2) is 4.79 Å². The van der Waals surface area contributed by atoms with Crippen molar-refractivity contribution in [2.75, 3.05) is 32.9 Å². The van der Waals surface area contributed by atoms with E-state index in [1.54, 1.807) is 13.0 Å². The Kier molecular flexibility index (Phi) is 6.85. The molecule has 92 valence electrons. The first-order valence-corrected chi connectivity index (χ1v) is 5.94. The summed E-state index contributed by atoms with van der Waals surface area (Å²) in [5.74, 6) is 0.445. The van der Waals surface area contributed by atoms with Crippen LogP contribution in [0.1, 0.15) is 19.8 Å². The summed E-state index contributed by atoms with van der Waals surface area (Å²) in [5, 5.41) is 3.30. The zero-order valence-corrected chi connectivity index (χ0v) is 9.91. The van der Waals surface area contributed by atoms with Crippen LogP contribution in [0.5, 0.6) is 0 Å². The Balaban J connectivity index is 2.00. The van der Waals surface area contributed by atoms with E-state index in [1.807, 2.05) is 0 Å². The molecule has 0 aromatic rings. The molecule has 0 aromatic heterocycles. The normalized spacial score (nSPS) is 17.8. The van der Waals surface area contributed by atoms with Crippen molar-refractivity contribution in [3.63, 3.8) is 0 Å². The molecule has 1 rings (SSSR count). The lowest BCUT2D eigenvalue weighted by atomic mass is 10.0. The summed E-state index contributed by atoms with van der Waals surface area (Å²) < 4.78 is 10.1. The highest BCUT2D eigenvalue weighted by Crippen LogP contribution is 2.12.